The van der Waals surface area contributed by atoms with Gasteiger partial charge in [-0.05, 0) is 55.7 Å². The number of imide groups is 1. The predicted octanol–water partition coefficient (Wildman–Crippen LogP) is 3.18. The molecule has 3 amide bonds. The van der Waals surface area contributed by atoms with Crippen LogP contribution in [0.1, 0.15) is 29.4 Å². The summed E-state index contributed by atoms with van der Waals surface area (Å²) in [5.74, 6) is -0.308. The van der Waals surface area contributed by atoms with Gasteiger partial charge in [-0.2, -0.15) is 0 Å². The van der Waals surface area contributed by atoms with E-state index in [-0.39, 0.29) is 5.91 Å². The number of rotatable bonds is 3. The monoisotopic (exact) mass is 323 g/mol. The summed E-state index contributed by atoms with van der Waals surface area (Å²) in [5, 5.41) is 2.60. The number of nitrogens with one attached hydrogen (secondary N) is 1. The first-order valence-corrected chi connectivity index (χ1v) is 8.01. The van der Waals surface area contributed by atoms with Crippen LogP contribution in [-0.2, 0) is 11.2 Å². The number of nitrogens with zero attached hydrogens (tertiary/aromatic N) is 2. The molecule has 2 aromatic rings. The Hall–Kier alpha value is -2.82. The van der Waals surface area contributed by atoms with Gasteiger partial charge < -0.3 is 9.88 Å². The Kier molecular flexibility index (Phi) is 4.01. The van der Waals surface area contributed by atoms with Gasteiger partial charge in [0.1, 0.15) is 5.70 Å². The molecular weight excluding hydrogens is 302 g/mol. The number of hydrogen-bond donors (Lipinski definition) is 1. The average Bonchev–Trinajstić information content (AvgIpc) is 2.98. The number of carbonyl (C=O) groups is 2. The van der Waals surface area contributed by atoms with Crippen molar-refractivity contribution >= 4 is 18.0 Å². The fraction of sp³-hybridized carbons (Fsp3) is 0.263. The van der Waals surface area contributed by atoms with Crippen molar-refractivity contribution in [2.45, 2.75) is 27.2 Å². The first-order chi connectivity index (χ1) is 11.4. The van der Waals surface area contributed by atoms with Crippen molar-refractivity contribution in [3.8, 4) is 5.69 Å². The molecule has 5 heteroatoms. The minimum absolute atomic E-state index is 0.308. The molecule has 0 bridgehead atoms. The molecule has 1 fully saturated rings. The van der Waals surface area contributed by atoms with Crippen LogP contribution in [0.25, 0.3) is 11.8 Å². The molecule has 1 aromatic heterocycles. The van der Waals surface area contributed by atoms with E-state index in [4.69, 9.17) is 0 Å². The zero-order valence-electron chi connectivity index (χ0n) is 14.4. The van der Waals surface area contributed by atoms with Crippen molar-refractivity contribution in [2.24, 2.45) is 0 Å². The predicted molar refractivity (Wildman–Crippen MR) is 93.9 cm³/mol. The van der Waals surface area contributed by atoms with Gasteiger partial charge in [-0.3, -0.25) is 9.69 Å². The van der Waals surface area contributed by atoms with Gasteiger partial charge in [-0.25, -0.2) is 4.79 Å². The molecule has 5 nitrogen and oxygen atoms in total. The fourth-order valence-electron chi connectivity index (χ4n) is 2.99. The minimum atomic E-state index is -0.393. The molecule has 0 spiro atoms. The molecular formula is C19H21N3O2. The summed E-state index contributed by atoms with van der Waals surface area (Å²) >= 11 is 0. The maximum atomic E-state index is 12.0. The van der Waals surface area contributed by atoms with Crippen LogP contribution >= 0.6 is 0 Å². The second-order valence-corrected chi connectivity index (χ2v) is 6.03. The summed E-state index contributed by atoms with van der Waals surface area (Å²) in [6.07, 6.45) is 2.75. The Balaban J connectivity index is 2.01. The fourth-order valence-corrected chi connectivity index (χ4v) is 2.99. The first-order valence-electron chi connectivity index (χ1n) is 8.01. The number of hydrogen-bond acceptors (Lipinski definition) is 2. The largest absolute Gasteiger partial charge is 0.328 e. The molecule has 1 aromatic carbocycles. The maximum absolute atomic E-state index is 12.0. The standard InChI is InChI=1S/C19H21N3O2/c1-5-14-6-8-16(9-7-14)22-12(2)10-15(13(22)3)11-17-18(23)21(4)19(24)20-17/h6-11H,5H2,1-4H3,(H,20,24)/b17-11+. The average molecular weight is 323 g/mol. The van der Waals surface area contributed by atoms with Crippen LogP contribution in [0.2, 0.25) is 0 Å². The second kappa shape index (κ2) is 6.00. The van der Waals surface area contributed by atoms with E-state index in [2.05, 4.69) is 41.1 Å². The Bertz CT molecular complexity index is 844. The molecule has 0 radical (unpaired) electrons. The molecule has 0 unspecified atom stereocenters. The third kappa shape index (κ3) is 2.62. The van der Waals surface area contributed by atoms with Crippen molar-refractivity contribution < 1.29 is 9.59 Å². The van der Waals surface area contributed by atoms with Crippen LogP contribution in [0.5, 0.6) is 0 Å². The van der Waals surface area contributed by atoms with Gasteiger partial charge in [0.25, 0.3) is 5.91 Å². The van der Waals surface area contributed by atoms with E-state index in [1.54, 1.807) is 6.08 Å². The lowest BCUT2D eigenvalue weighted by molar-refractivity contribution is -0.121. The summed E-state index contributed by atoms with van der Waals surface area (Å²) in [6.45, 7) is 6.18. The highest BCUT2D eigenvalue weighted by Gasteiger charge is 2.30. The van der Waals surface area contributed by atoms with Crippen LogP contribution in [-0.4, -0.2) is 28.5 Å². The minimum Gasteiger partial charge on any atom is -0.318 e. The Morgan fingerprint density at radius 2 is 1.79 bits per heavy atom. The van der Waals surface area contributed by atoms with Crippen LogP contribution in [0, 0.1) is 13.8 Å². The van der Waals surface area contributed by atoms with Gasteiger partial charge >= 0.3 is 6.03 Å². The van der Waals surface area contributed by atoms with E-state index in [0.29, 0.717) is 5.70 Å². The summed E-state index contributed by atoms with van der Waals surface area (Å²) in [5.41, 5.74) is 5.72. The molecule has 1 saturated heterocycles. The van der Waals surface area contributed by atoms with Gasteiger partial charge in [0.2, 0.25) is 0 Å². The van der Waals surface area contributed by atoms with Crippen molar-refractivity contribution in [1.29, 1.82) is 0 Å². The van der Waals surface area contributed by atoms with Crippen molar-refractivity contribution in [1.82, 2.24) is 14.8 Å². The van der Waals surface area contributed by atoms with E-state index < -0.39 is 6.03 Å². The first kappa shape index (κ1) is 16.1. The molecule has 124 valence electrons. The van der Waals surface area contributed by atoms with Crippen molar-refractivity contribution in [3.05, 3.63) is 58.5 Å². The van der Waals surface area contributed by atoms with Crippen LogP contribution < -0.4 is 5.32 Å². The summed E-state index contributed by atoms with van der Waals surface area (Å²) in [4.78, 5) is 24.7. The lowest BCUT2D eigenvalue weighted by Gasteiger charge is -2.10. The van der Waals surface area contributed by atoms with Gasteiger partial charge in [-0.1, -0.05) is 19.1 Å². The smallest absolute Gasteiger partial charge is 0.318 e. The highest BCUT2D eigenvalue weighted by atomic mass is 16.2. The van der Waals surface area contributed by atoms with E-state index in [0.717, 1.165) is 34.0 Å². The summed E-state index contributed by atoms with van der Waals surface area (Å²) in [7, 11) is 1.47. The van der Waals surface area contributed by atoms with Gasteiger partial charge in [-0.15, -0.1) is 0 Å². The molecule has 1 N–H and O–H groups in total. The lowest BCUT2D eigenvalue weighted by Crippen LogP contribution is -2.25. The molecule has 1 aliphatic rings. The highest BCUT2D eigenvalue weighted by molar-refractivity contribution is 6.13. The molecule has 0 atom stereocenters. The van der Waals surface area contributed by atoms with Crippen LogP contribution in [0.4, 0.5) is 4.79 Å². The Labute approximate surface area is 141 Å². The normalized spacial score (nSPS) is 16.2. The SMILES string of the molecule is CCc1ccc(-n2c(C)cc(/C=C3/NC(=O)N(C)C3=O)c2C)cc1. The summed E-state index contributed by atoms with van der Waals surface area (Å²) < 4.78 is 2.15. The maximum Gasteiger partial charge on any atom is 0.328 e. The molecule has 2 heterocycles. The Morgan fingerprint density at radius 1 is 1.12 bits per heavy atom. The molecule has 1 aliphatic heterocycles. The quantitative estimate of drug-likeness (QED) is 0.697. The summed E-state index contributed by atoms with van der Waals surface area (Å²) in [6, 6.07) is 10.1. The van der Waals surface area contributed by atoms with E-state index in [9.17, 15) is 9.59 Å². The topological polar surface area (TPSA) is 54.3 Å². The van der Waals surface area contributed by atoms with Gasteiger partial charge in [0, 0.05) is 24.1 Å². The molecule has 3 rings (SSSR count). The lowest BCUT2D eigenvalue weighted by atomic mass is 10.1. The van der Waals surface area contributed by atoms with Gasteiger partial charge in [0.05, 0.1) is 0 Å². The third-order valence-corrected chi connectivity index (χ3v) is 4.45. The number of carbonyl (C=O) groups excluding carboxylic acids is 2. The highest BCUT2D eigenvalue weighted by Crippen LogP contribution is 2.24. The molecule has 0 aliphatic carbocycles. The van der Waals surface area contributed by atoms with Crippen molar-refractivity contribution in [3.63, 3.8) is 0 Å². The zero-order valence-corrected chi connectivity index (χ0v) is 14.4. The van der Waals surface area contributed by atoms with Crippen molar-refractivity contribution in [2.75, 3.05) is 7.05 Å². The van der Waals surface area contributed by atoms with Crippen LogP contribution in [0.15, 0.2) is 36.0 Å². The molecule has 24 heavy (non-hydrogen) atoms. The van der Waals surface area contributed by atoms with Gasteiger partial charge in [0.15, 0.2) is 0 Å². The third-order valence-electron chi connectivity index (χ3n) is 4.45. The second-order valence-electron chi connectivity index (χ2n) is 6.03. The number of likely N-dealkylation sites (N-methyl/N-ethyl adjacent to an activating group) is 1. The number of aryl methyl sites for hydroxylation is 2. The number of urea groups is 1. The number of benzene rings is 1. The Morgan fingerprint density at radius 3 is 2.33 bits per heavy atom. The number of amides is 3. The van der Waals surface area contributed by atoms with Crippen LogP contribution in [0.3, 0.4) is 0 Å². The zero-order chi connectivity index (χ0) is 17.4. The molecule has 0 saturated carbocycles. The number of aromatic nitrogens is 1. The van der Waals surface area contributed by atoms with E-state index in [1.807, 2.05) is 19.9 Å². The van der Waals surface area contributed by atoms with E-state index in [1.165, 1.54) is 12.6 Å². The van der Waals surface area contributed by atoms with E-state index >= 15 is 0 Å².